The normalized spacial score (nSPS) is 26.2. The zero-order valence-corrected chi connectivity index (χ0v) is 10.5. The summed E-state index contributed by atoms with van der Waals surface area (Å²) in [5.41, 5.74) is -0.298. The Labute approximate surface area is 99.6 Å². The molecule has 2 unspecified atom stereocenters. The lowest BCUT2D eigenvalue weighted by Gasteiger charge is -2.03. The Morgan fingerprint density at radius 1 is 1.53 bits per heavy atom. The van der Waals surface area contributed by atoms with E-state index in [4.69, 9.17) is 9.63 Å². The maximum absolute atomic E-state index is 11.0. The van der Waals surface area contributed by atoms with Crippen LogP contribution in [0.1, 0.15) is 31.5 Å². The third-order valence-electron chi connectivity index (χ3n) is 3.30. The highest BCUT2D eigenvalue weighted by molar-refractivity contribution is 5.77. The molecule has 1 aromatic heterocycles. The van der Waals surface area contributed by atoms with Gasteiger partial charge in [-0.1, -0.05) is 19.0 Å². The van der Waals surface area contributed by atoms with Crippen molar-refractivity contribution in [3.63, 3.8) is 0 Å². The number of aliphatic carboxylic acids is 1. The van der Waals surface area contributed by atoms with Gasteiger partial charge in [0, 0.05) is 0 Å². The minimum absolute atomic E-state index is 0.164. The number of carbonyl (C=O) groups is 1. The largest absolute Gasteiger partial charge is 0.481 e. The topological polar surface area (TPSA) is 79.5 Å². The van der Waals surface area contributed by atoms with Crippen molar-refractivity contribution in [3.05, 3.63) is 11.7 Å². The van der Waals surface area contributed by atoms with Gasteiger partial charge < -0.3 is 14.5 Å². The Balaban J connectivity index is 2.14. The summed E-state index contributed by atoms with van der Waals surface area (Å²) in [5, 5.41) is 12.9. The number of hydrogen-bond donors (Lipinski definition) is 1. The lowest BCUT2D eigenvalue weighted by atomic mass is 10.1. The molecule has 1 saturated carbocycles. The van der Waals surface area contributed by atoms with Crippen LogP contribution in [0.4, 0.5) is 0 Å². The Morgan fingerprint density at radius 3 is 2.65 bits per heavy atom. The van der Waals surface area contributed by atoms with Gasteiger partial charge in [0.05, 0.1) is 18.4 Å². The molecule has 1 aliphatic carbocycles. The van der Waals surface area contributed by atoms with Crippen molar-refractivity contribution in [1.82, 2.24) is 15.0 Å². The van der Waals surface area contributed by atoms with Gasteiger partial charge in [-0.3, -0.25) is 4.79 Å². The van der Waals surface area contributed by atoms with E-state index in [0.29, 0.717) is 18.3 Å². The van der Waals surface area contributed by atoms with Crippen molar-refractivity contribution < 1.29 is 14.4 Å². The van der Waals surface area contributed by atoms with E-state index in [-0.39, 0.29) is 11.3 Å². The fourth-order valence-electron chi connectivity index (χ4n) is 2.30. The number of carboxylic acid groups (broad SMARTS) is 1. The Morgan fingerprint density at radius 2 is 2.18 bits per heavy atom. The van der Waals surface area contributed by atoms with Crippen LogP contribution >= 0.6 is 0 Å². The van der Waals surface area contributed by atoms with Gasteiger partial charge in [-0.15, -0.1) is 0 Å². The summed E-state index contributed by atoms with van der Waals surface area (Å²) >= 11 is 0. The predicted octanol–water partition coefficient (Wildman–Crippen LogP) is 0.955. The van der Waals surface area contributed by atoms with Crippen molar-refractivity contribution >= 4 is 5.97 Å². The molecule has 1 heterocycles. The number of rotatable bonds is 4. The molecule has 1 aromatic rings. The van der Waals surface area contributed by atoms with E-state index < -0.39 is 11.9 Å². The summed E-state index contributed by atoms with van der Waals surface area (Å²) in [6, 6.07) is 0. The average Bonchev–Trinajstić information content (AvgIpc) is 2.54. The zero-order chi connectivity index (χ0) is 12.8. The van der Waals surface area contributed by atoms with Crippen LogP contribution in [0.25, 0.3) is 0 Å². The van der Waals surface area contributed by atoms with Gasteiger partial charge in [0.1, 0.15) is 0 Å². The molecule has 0 bridgehead atoms. The van der Waals surface area contributed by atoms with E-state index >= 15 is 0 Å². The second-order valence-corrected chi connectivity index (χ2v) is 5.40. The molecule has 1 N–H and O–H groups in total. The van der Waals surface area contributed by atoms with Crippen LogP contribution < -0.4 is 0 Å². The molecule has 0 saturated heterocycles. The smallest absolute Gasteiger partial charge is 0.307 e. The first kappa shape index (κ1) is 12.0. The third-order valence-corrected chi connectivity index (χ3v) is 3.30. The van der Waals surface area contributed by atoms with Crippen LogP contribution in [-0.2, 0) is 11.3 Å². The molecule has 1 fully saturated rings. The van der Waals surface area contributed by atoms with Crippen molar-refractivity contribution in [2.24, 2.45) is 11.3 Å². The van der Waals surface area contributed by atoms with Crippen LogP contribution in [0.3, 0.4) is 0 Å². The highest BCUT2D eigenvalue weighted by Gasteiger charge is 2.65. The molecule has 2 rings (SSSR count). The third kappa shape index (κ3) is 2.04. The van der Waals surface area contributed by atoms with E-state index in [1.807, 2.05) is 32.8 Å². The second-order valence-electron chi connectivity index (χ2n) is 5.40. The van der Waals surface area contributed by atoms with Gasteiger partial charge in [-0.2, -0.15) is 4.98 Å². The van der Waals surface area contributed by atoms with Gasteiger partial charge in [0.25, 0.3) is 0 Å². The van der Waals surface area contributed by atoms with Gasteiger partial charge >= 0.3 is 5.97 Å². The number of carboxylic acids is 1. The predicted molar refractivity (Wildman–Crippen MR) is 59.3 cm³/mol. The van der Waals surface area contributed by atoms with E-state index in [1.54, 1.807) is 0 Å². The van der Waals surface area contributed by atoms with Crippen LogP contribution in [0.2, 0.25) is 0 Å². The standard InChI is InChI=1S/C11H17N3O3/c1-11(2)7(8(11)10(15)16)9-12-6(13-17-9)5-14(3)4/h7-8H,5H2,1-4H3,(H,15,16). The number of aromatic nitrogens is 2. The molecule has 0 radical (unpaired) electrons. The molecular formula is C11H17N3O3. The monoisotopic (exact) mass is 239 g/mol. The summed E-state index contributed by atoms with van der Waals surface area (Å²) in [4.78, 5) is 17.2. The molecule has 0 aliphatic heterocycles. The lowest BCUT2D eigenvalue weighted by Crippen LogP contribution is -2.11. The quantitative estimate of drug-likeness (QED) is 0.842. The summed E-state index contributed by atoms with van der Waals surface area (Å²) < 4.78 is 5.15. The molecule has 94 valence electrons. The van der Waals surface area contributed by atoms with Crippen LogP contribution in [0.5, 0.6) is 0 Å². The van der Waals surface area contributed by atoms with E-state index in [0.717, 1.165) is 0 Å². The Bertz CT molecular complexity index is 439. The molecule has 1 aliphatic rings. The molecular weight excluding hydrogens is 222 g/mol. The van der Waals surface area contributed by atoms with E-state index in [2.05, 4.69) is 10.1 Å². The SMILES string of the molecule is CN(C)Cc1noc(C2C(C(=O)O)C2(C)C)n1. The first-order chi connectivity index (χ1) is 7.84. The first-order valence-electron chi connectivity index (χ1n) is 5.54. The summed E-state index contributed by atoms with van der Waals surface area (Å²) in [7, 11) is 3.83. The minimum atomic E-state index is -0.799. The van der Waals surface area contributed by atoms with Gasteiger partial charge in [-0.05, 0) is 19.5 Å². The van der Waals surface area contributed by atoms with Crippen molar-refractivity contribution in [2.45, 2.75) is 26.3 Å². The molecule has 17 heavy (non-hydrogen) atoms. The maximum atomic E-state index is 11.0. The molecule has 2 atom stereocenters. The number of nitrogens with zero attached hydrogens (tertiary/aromatic N) is 3. The molecule has 0 amide bonds. The average molecular weight is 239 g/mol. The van der Waals surface area contributed by atoms with Crippen molar-refractivity contribution in [2.75, 3.05) is 14.1 Å². The first-order valence-corrected chi connectivity index (χ1v) is 5.54. The Kier molecular flexibility index (Phi) is 2.69. The van der Waals surface area contributed by atoms with E-state index in [9.17, 15) is 4.79 Å². The van der Waals surface area contributed by atoms with Crippen molar-refractivity contribution in [3.8, 4) is 0 Å². The van der Waals surface area contributed by atoms with Gasteiger partial charge in [0.15, 0.2) is 5.82 Å². The maximum Gasteiger partial charge on any atom is 0.307 e. The van der Waals surface area contributed by atoms with Crippen LogP contribution in [-0.4, -0.2) is 40.2 Å². The Hall–Kier alpha value is -1.43. The van der Waals surface area contributed by atoms with E-state index in [1.165, 1.54) is 0 Å². The summed E-state index contributed by atoms with van der Waals surface area (Å²) in [6.07, 6.45) is 0. The minimum Gasteiger partial charge on any atom is -0.481 e. The highest BCUT2D eigenvalue weighted by Crippen LogP contribution is 2.63. The summed E-state index contributed by atoms with van der Waals surface area (Å²) in [6.45, 7) is 4.41. The summed E-state index contributed by atoms with van der Waals surface area (Å²) in [5.74, 6) is -0.345. The molecule has 0 spiro atoms. The molecule has 6 nitrogen and oxygen atoms in total. The zero-order valence-electron chi connectivity index (χ0n) is 10.5. The van der Waals surface area contributed by atoms with Crippen LogP contribution in [0, 0.1) is 11.3 Å². The molecule has 0 aromatic carbocycles. The fraction of sp³-hybridized carbons (Fsp3) is 0.727. The highest BCUT2D eigenvalue weighted by atomic mass is 16.5. The van der Waals surface area contributed by atoms with Crippen LogP contribution in [0.15, 0.2) is 4.52 Å². The van der Waals surface area contributed by atoms with Crippen molar-refractivity contribution in [1.29, 1.82) is 0 Å². The van der Waals surface area contributed by atoms with Gasteiger partial charge in [-0.25, -0.2) is 0 Å². The second kappa shape index (κ2) is 3.80. The molecule has 6 heteroatoms. The fourth-order valence-corrected chi connectivity index (χ4v) is 2.30. The lowest BCUT2D eigenvalue weighted by molar-refractivity contribution is -0.139. The van der Waals surface area contributed by atoms with Gasteiger partial charge in [0.2, 0.25) is 5.89 Å². The number of hydrogen-bond acceptors (Lipinski definition) is 5.